The molecule has 1 heterocycles. The monoisotopic (exact) mass is 255 g/mol. The quantitative estimate of drug-likeness (QED) is 0.743. The molecular weight excluding hydrogens is 238 g/mol. The van der Waals surface area contributed by atoms with Crippen LogP contribution in [0.3, 0.4) is 0 Å². The molecule has 0 spiro atoms. The number of carbonyl (C=O) groups is 1. The van der Waals surface area contributed by atoms with E-state index in [0.29, 0.717) is 18.6 Å². The van der Waals surface area contributed by atoms with Crippen molar-refractivity contribution in [3.8, 4) is 5.75 Å². The van der Waals surface area contributed by atoms with E-state index in [-0.39, 0.29) is 5.78 Å². The summed E-state index contributed by atoms with van der Waals surface area (Å²) in [5.41, 5.74) is 1.71. The summed E-state index contributed by atoms with van der Waals surface area (Å²) >= 11 is 0. The van der Waals surface area contributed by atoms with Crippen LogP contribution in [0.5, 0.6) is 5.75 Å². The molecule has 0 N–H and O–H groups in total. The average Bonchev–Trinajstić information content (AvgIpc) is 2.48. The molecule has 0 amide bonds. The maximum atomic E-state index is 11.6. The van der Waals surface area contributed by atoms with Gasteiger partial charge in [0.15, 0.2) is 5.78 Å². The molecule has 1 aromatic heterocycles. The summed E-state index contributed by atoms with van der Waals surface area (Å²) in [4.78, 5) is 15.8. The number of hydrogen-bond acceptors (Lipinski definition) is 3. The Hall–Kier alpha value is -2.16. The normalized spacial score (nSPS) is 10.2. The molecule has 2 rings (SSSR count). The van der Waals surface area contributed by atoms with Gasteiger partial charge in [-0.1, -0.05) is 25.1 Å². The van der Waals surface area contributed by atoms with Crippen LogP contribution >= 0.6 is 0 Å². The highest BCUT2D eigenvalue weighted by Crippen LogP contribution is 2.15. The largest absolute Gasteiger partial charge is 0.493 e. The van der Waals surface area contributed by atoms with Gasteiger partial charge >= 0.3 is 0 Å². The first-order valence-electron chi connectivity index (χ1n) is 6.45. The molecule has 0 fully saturated rings. The molecular formula is C16H17NO2. The van der Waals surface area contributed by atoms with Crippen molar-refractivity contribution in [3.05, 3.63) is 59.9 Å². The molecule has 0 bridgehead atoms. The number of rotatable bonds is 6. The van der Waals surface area contributed by atoms with Crippen molar-refractivity contribution in [1.82, 2.24) is 4.98 Å². The highest BCUT2D eigenvalue weighted by molar-refractivity contribution is 5.96. The Balaban J connectivity index is 1.91. The van der Waals surface area contributed by atoms with Crippen LogP contribution in [0.2, 0.25) is 0 Å². The van der Waals surface area contributed by atoms with Crippen molar-refractivity contribution in [3.63, 3.8) is 0 Å². The van der Waals surface area contributed by atoms with E-state index in [2.05, 4.69) is 4.98 Å². The van der Waals surface area contributed by atoms with Crippen molar-refractivity contribution in [2.24, 2.45) is 0 Å². The molecule has 0 aliphatic heterocycles. The minimum absolute atomic E-state index is 0.134. The zero-order valence-corrected chi connectivity index (χ0v) is 11.0. The Bertz CT molecular complexity index is 537. The fourth-order valence-electron chi connectivity index (χ4n) is 1.78. The predicted octanol–water partition coefficient (Wildman–Crippen LogP) is 3.30. The molecule has 0 unspecified atom stereocenters. The highest BCUT2D eigenvalue weighted by atomic mass is 16.5. The predicted molar refractivity (Wildman–Crippen MR) is 74.5 cm³/mol. The van der Waals surface area contributed by atoms with Gasteiger partial charge in [0.1, 0.15) is 5.75 Å². The first-order chi connectivity index (χ1) is 9.29. The van der Waals surface area contributed by atoms with Crippen molar-refractivity contribution in [2.75, 3.05) is 6.61 Å². The van der Waals surface area contributed by atoms with E-state index in [1.165, 1.54) is 0 Å². The third-order valence-corrected chi connectivity index (χ3v) is 2.83. The topological polar surface area (TPSA) is 39.2 Å². The molecule has 3 nitrogen and oxygen atoms in total. The van der Waals surface area contributed by atoms with Crippen molar-refractivity contribution in [2.45, 2.75) is 19.8 Å². The second kappa shape index (κ2) is 6.69. The van der Waals surface area contributed by atoms with Gasteiger partial charge in [-0.3, -0.25) is 9.78 Å². The molecule has 1 aromatic carbocycles. The number of Topliss-reactive ketones (excluding diaryl/α,β-unsaturated/α-hetero) is 1. The summed E-state index contributed by atoms with van der Waals surface area (Å²) in [5, 5.41) is 0. The molecule has 0 radical (unpaired) electrons. The fourth-order valence-corrected chi connectivity index (χ4v) is 1.78. The first kappa shape index (κ1) is 13.3. The third kappa shape index (κ3) is 3.91. The Labute approximate surface area is 113 Å². The number of ketones is 1. The van der Waals surface area contributed by atoms with Crippen LogP contribution in [-0.2, 0) is 6.42 Å². The Morgan fingerprint density at radius 2 is 2.11 bits per heavy atom. The highest BCUT2D eigenvalue weighted by Gasteiger charge is 2.04. The van der Waals surface area contributed by atoms with Gasteiger partial charge in [-0.25, -0.2) is 0 Å². The summed E-state index contributed by atoms with van der Waals surface area (Å²) < 4.78 is 5.65. The summed E-state index contributed by atoms with van der Waals surface area (Å²) in [5.74, 6) is 0.866. The van der Waals surface area contributed by atoms with Crippen LogP contribution < -0.4 is 4.74 Å². The van der Waals surface area contributed by atoms with Gasteiger partial charge in [0.2, 0.25) is 0 Å². The van der Waals surface area contributed by atoms with E-state index < -0.39 is 0 Å². The lowest BCUT2D eigenvalue weighted by Gasteiger charge is -2.07. The molecule has 0 atom stereocenters. The number of aromatic nitrogens is 1. The van der Waals surface area contributed by atoms with Gasteiger partial charge in [-0.2, -0.15) is 0 Å². The third-order valence-electron chi connectivity index (χ3n) is 2.83. The van der Waals surface area contributed by atoms with E-state index in [1.54, 1.807) is 12.3 Å². The standard InChI is InChI=1S/C16H17NO2/c1-2-16(18)13-6-5-8-15(12-13)19-11-9-14-7-3-4-10-17-14/h3-8,10,12H,2,9,11H2,1H3. The lowest BCUT2D eigenvalue weighted by molar-refractivity contribution is 0.0987. The zero-order valence-electron chi connectivity index (χ0n) is 11.0. The number of carbonyl (C=O) groups excluding carboxylic acids is 1. The SMILES string of the molecule is CCC(=O)c1cccc(OCCc2ccccn2)c1. The Kier molecular flexibility index (Phi) is 4.67. The Morgan fingerprint density at radius 3 is 2.84 bits per heavy atom. The molecule has 0 saturated carbocycles. The average molecular weight is 255 g/mol. The van der Waals surface area contributed by atoms with Crippen LogP contribution in [0, 0.1) is 0 Å². The zero-order chi connectivity index (χ0) is 13.5. The molecule has 98 valence electrons. The van der Waals surface area contributed by atoms with Gasteiger partial charge < -0.3 is 4.74 Å². The van der Waals surface area contributed by atoms with Crippen LogP contribution in [0.15, 0.2) is 48.7 Å². The number of nitrogens with zero attached hydrogens (tertiary/aromatic N) is 1. The molecule has 2 aromatic rings. The summed E-state index contributed by atoms with van der Waals surface area (Å²) in [6.45, 7) is 2.41. The number of ether oxygens (including phenoxy) is 1. The lowest BCUT2D eigenvalue weighted by Crippen LogP contribution is -2.03. The smallest absolute Gasteiger partial charge is 0.162 e. The van der Waals surface area contributed by atoms with Crippen LogP contribution in [0.1, 0.15) is 29.4 Å². The van der Waals surface area contributed by atoms with E-state index in [4.69, 9.17) is 4.74 Å². The van der Waals surface area contributed by atoms with Gasteiger partial charge in [0.25, 0.3) is 0 Å². The maximum absolute atomic E-state index is 11.6. The van der Waals surface area contributed by atoms with E-state index in [1.807, 2.05) is 43.3 Å². The van der Waals surface area contributed by atoms with Crippen molar-refractivity contribution >= 4 is 5.78 Å². The number of benzene rings is 1. The first-order valence-corrected chi connectivity index (χ1v) is 6.45. The van der Waals surface area contributed by atoms with Gasteiger partial charge in [0, 0.05) is 30.3 Å². The number of hydrogen-bond donors (Lipinski definition) is 0. The maximum Gasteiger partial charge on any atom is 0.162 e. The van der Waals surface area contributed by atoms with E-state index in [9.17, 15) is 4.79 Å². The second-order valence-electron chi connectivity index (χ2n) is 4.22. The lowest BCUT2D eigenvalue weighted by atomic mass is 10.1. The Morgan fingerprint density at radius 1 is 1.21 bits per heavy atom. The number of pyridine rings is 1. The minimum Gasteiger partial charge on any atom is -0.493 e. The van der Waals surface area contributed by atoms with Gasteiger partial charge in [-0.15, -0.1) is 0 Å². The molecule has 19 heavy (non-hydrogen) atoms. The fraction of sp³-hybridized carbons (Fsp3) is 0.250. The van der Waals surface area contributed by atoms with Crippen molar-refractivity contribution in [1.29, 1.82) is 0 Å². The summed E-state index contributed by atoms with van der Waals surface area (Å²) in [6.07, 6.45) is 3.04. The van der Waals surface area contributed by atoms with E-state index in [0.717, 1.165) is 17.9 Å². The van der Waals surface area contributed by atoms with Crippen LogP contribution in [0.25, 0.3) is 0 Å². The molecule has 0 aliphatic rings. The molecule has 3 heteroatoms. The van der Waals surface area contributed by atoms with Gasteiger partial charge in [0.05, 0.1) is 6.61 Å². The summed E-state index contributed by atoms with van der Waals surface area (Å²) in [7, 11) is 0. The molecule has 0 aliphatic carbocycles. The second-order valence-corrected chi connectivity index (χ2v) is 4.22. The van der Waals surface area contributed by atoms with E-state index >= 15 is 0 Å². The summed E-state index contributed by atoms with van der Waals surface area (Å²) in [6, 6.07) is 13.2. The van der Waals surface area contributed by atoms with Crippen LogP contribution in [0.4, 0.5) is 0 Å². The van der Waals surface area contributed by atoms with Crippen molar-refractivity contribution < 1.29 is 9.53 Å². The van der Waals surface area contributed by atoms with Gasteiger partial charge in [-0.05, 0) is 24.3 Å². The molecule has 0 saturated heterocycles. The minimum atomic E-state index is 0.134. The van der Waals surface area contributed by atoms with Crippen LogP contribution in [-0.4, -0.2) is 17.4 Å².